The van der Waals surface area contributed by atoms with Crippen molar-refractivity contribution in [3.05, 3.63) is 40.4 Å². The van der Waals surface area contributed by atoms with Crippen molar-refractivity contribution in [3.8, 4) is 11.6 Å². The minimum Gasteiger partial charge on any atom is -0.481 e. The molecule has 2 N–H and O–H groups in total. The second-order valence-electron chi connectivity index (χ2n) is 4.39. The molecule has 0 saturated carbocycles. The van der Waals surface area contributed by atoms with Gasteiger partial charge in [-0.3, -0.25) is 4.57 Å². The molecule has 0 saturated heterocycles. The summed E-state index contributed by atoms with van der Waals surface area (Å²) in [4.78, 5) is 8.79. The fourth-order valence-electron chi connectivity index (χ4n) is 2.15. The summed E-state index contributed by atoms with van der Waals surface area (Å²) in [5.74, 6) is 0.938. The highest BCUT2D eigenvalue weighted by atomic mass is 79.9. The molecule has 0 spiro atoms. The number of hydrogen-bond acceptors (Lipinski definition) is 4. The number of ether oxygens (including phenoxy) is 1. The van der Waals surface area contributed by atoms with Crippen LogP contribution in [0.3, 0.4) is 0 Å². The van der Waals surface area contributed by atoms with E-state index >= 15 is 0 Å². The number of halogens is 1. The molecule has 0 aliphatic heterocycles. The van der Waals surface area contributed by atoms with E-state index in [1.165, 1.54) is 0 Å². The molecular formula is C14H13BrN4O. The van der Waals surface area contributed by atoms with Crippen LogP contribution in [0.1, 0.15) is 5.56 Å². The smallest absolute Gasteiger partial charge is 0.215 e. The molecule has 0 bridgehead atoms. The number of hydrogen-bond donors (Lipinski definition) is 1. The Hall–Kier alpha value is -2.08. The average molecular weight is 333 g/mol. The molecule has 5 nitrogen and oxygen atoms in total. The lowest BCUT2D eigenvalue weighted by atomic mass is 10.2. The predicted molar refractivity (Wildman–Crippen MR) is 82.3 cm³/mol. The lowest BCUT2D eigenvalue weighted by Gasteiger charge is -2.10. The molecule has 1 aromatic carbocycles. The van der Waals surface area contributed by atoms with Crippen molar-refractivity contribution in [2.45, 2.75) is 6.92 Å². The van der Waals surface area contributed by atoms with Gasteiger partial charge in [0.1, 0.15) is 5.52 Å². The van der Waals surface area contributed by atoms with Crippen LogP contribution in [-0.2, 0) is 0 Å². The summed E-state index contributed by atoms with van der Waals surface area (Å²) in [6.45, 7) is 2.02. The van der Waals surface area contributed by atoms with Crippen molar-refractivity contribution in [1.82, 2.24) is 14.5 Å². The van der Waals surface area contributed by atoms with Gasteiger partial charge in [0.2, 0.25) is 11.8 Å². The van der Waals surface area contributed by atoms with Gasteiger partial charge in [-0.2, -0.15) is 4.98 Å². The number of anilines is 1. The summed E-state index contributed by atoms with van der Waals surface area (Å²) in [6.07, 6.45) is 0. The summed E-state index contributed by atoms with van der Waals surface area (Å²) in [5, 5.41) is 0. The van der Waals surface area contributed by atoms with Crippen molar-refractivity contribution in [3.63, 3.8) is 0 Å². The van der Waals surface area contributed by atoms with E-state index in [1.807, 2.05) is 35.8 Å². The largest absolute Gasteiger partial charge is 0.481 e. The fraction of sp³-hybridized carbons (Fsp3) is 0.143. The van der Waals surface area contributed by atoms with Crippen LogP contribution in [-0.4, -0.2) is 21.6 Å². The number of benzene rings is 1. The summed E-state index contributed by atoms with van der Waals surface area (Å²) >= 11 is 3.53. The minimum absolute atomic E-state index is 0.405. The third kappa shape index (κ3) is 1.92. The van der Waals surface area contributed by atoms with Crippen LogP contribution in [0.4, 0.5) is 5.95 Å². The van der Waals surface area contributed by atoms with Gasteiger partial charge in [-0.25, -0.2) is 4.98 Å². The van der Waals surface area contributed by atoms with Crippen LogP contribution >= 0.6 is 15.9 Å². The second-order valence-corrected chi connectivity index (χ2v) is 5.24. The Labute approximate surface area is 124 Å². The molecule has 20 heavy (non-hydrogen) atoms. The maximum absolute atomic E-state index is 6.05. The van der Waals surface area contributed by atoms with E-state index in [9.17, 15) is 0 Å². The van der Waals surface area contributed by atoms with Gasteiger partial charge in [-0.1, -0.05) is 22.0 Å². The van der Waals surface area contributed by atoms with Crippen molar-refractivity contribution in [2.24, 2.45) is 0 Å². The topological polar surface area (TPSA) is 66.0 Å². The molecule has 2 heterocycles. The maximum atomic E-state index is 6.05. The van der Waals surface area contributed by atoms with E-state index in [-0.39, 0.29) is 0 Å². The van der Waals surface area contributed by atoms with Crippen LogP contribution in [0.15, 0.2) is 34.8 Å². The zero-order valence-electron chi connectivity index (χ0n) is 11.1. The Morgan fingerprint density at radius 1 is 1.20 bits per heavy atom. The zero-order valence-corrected chi connectivity index (χ0v) is 12.7. The van der Waals surface area contributed by atoms with E-state index in [1.54, 1.807) is 13.2 Å². The molecule has 0 aliphatic carbocycles. The molecule has 3 rings (SSSR count). The maximum Gasteiger partial charge on any atom is 0.215 e. The van der Waals surface area contributed by atoms with E-state index in [2.05, 4.69) is 25.9 Å². The van der Waals surface area contributed by atoms with Crippen molar-refractivity contribution in [2.75, 3.05) is 12.8 Å². The van der Waals surface area contributed by atoms with Crippen LogP contribution in [0.2, 0.25) is 0 Å². The first kappa shape index (κ1) is 12.9. The monoisotopic (exact) mass is 332 g/mol. The standard InChI is InChI=1S/C14H13BrN4O/c1-8-9(15)4-3-5-11(8)19-13-10(17-14(19)16)6-7-12(18-13)20-2/h3-7H,1-2H3,(H2,16,17). The molecule has 0 aliphatic rings. The molecule has 0 amide bonds. The van der Waals surface area contributed by atoms with E-state index in [0.717, 1.165) is 21.2 Å². The molecule has 0 fully saturated rings. The number of nitrogen functional groups attached to an aromatic ring is 1. The van der Waals surface area contributed by atoms with Crippen LogP contribution in [0.25, 0.3) is 16.9 Å². The van der Waals surface area contributed by atoms with Crippen molar-refractivity contribution in [1.29, 1.82) is 0 Å². The van der Waals surface area contributed by atoms with Gasteiger partial charge >= 0.3 is 0 Å². The molecule has 0 atom stereocenters. The molecule has 0 radical (unpaired) electrons. The highest BCUT2D eigenvalue weighted by molar-refractivity contribution is 9.10. The molecule has 0 unspecified atom stereocenters. The number of nitrogens with two attached hydrogens (primary N) is 1. The number of pyridine rings is 1. The van der Waals surface area contributed by atoms with Crippen LogP contribution < -0.4 is 10.5 Å². The summed E-state index contributed by atoms with van der Waals surface area (Å²) < 4.78 is 8.02. The van der Waals surface area contributed by atoms with E-state index < -0.39 is 0 Å². The third-order valence-corrected chi connectivity index (χ3v) is 4.05. The first-order valence-electron chi connectivity index (χ1n) is 6.06. The molecule has 3 aromatic rings. The molecule has 102 valence electrons. The molecular weight excluding hydrogens is 320 g/mol. The number of fused-ring (bicyclic) bond motifs is 1. The number of methoxy groups -OCH3 is 1. The zero-order chi connectivity index (χ0) is 14.3. The number of nitrogens with zero attached hydrogens (tertiary/aromatic N) is 3. The van der Waals surface area contributed by atoms with Gasteiger partial charge in [-0.15, -0.1) is 0 Å². The highest BCUT2D eigenvalue weighted by Gasteiger charge is 2.14. The Morgan fingerprint density at radius 3 is 2.75 bits per heavy atom. The first-order chi connectivity index (χ1) is 9.61. The Bertz CT molecular complexity index is 797. The van der Waals surface area contributed by atoms with Crippen molar-refractivity contribution >= 4 is 33.0 Å². The van der Waals surface area contributed by atoms with E-state index in [0.29, 0.717) is 17.5 Å². The number of aromatic nitrogens is 3. The fourth-order valence-corrected chi connectivity index (χ4v) is 2.50. The first-order valence-corrected chi connectivity index (χ1v) is 6.85. The molecule has 2 aromatic heterocycles. The Kier molecular flexibility index (Phi) is 3.10. The minimum atomic E-state index is 0.405. The number of imidazole rings is 1. The lowest BCUT2D eigenvalue weighted by Crippen LogP contribution is -2.04. The third-order valence-electron chi connectivity index (χ3n) is 3.19. The van der Waals surface area contributed by atoms with Gasteiger partial charge in [0, 0.05) is 10.5 Å². The normalized spacial score (nSPS) is 10.9. The van der Waals surface area contributed by atoms with Crippen LogP contribution in [0.5, 0.6) is 5.88 Å². The number of rotatable bonds is 2. The Morgan fingerprint density at radius 2 is 2.00 bits per heavy atom. The molecule has 6 heteroatoms. The van der Waals surface area contributed by atoms with Gasteiger partial charge in [0.25, 0.3) is 0 Å². The predicted octanol–water partition coefficient (Wildman–Crippen LogP) is 3.08. The van der Waals surface area contributed by atoms with Gasteiger partial charge in [0.05, 0.1) is 12.8 Å². The van der Waals surface area contributed by atoms with Crippen LogP contribution in [0, 0.1) is 6.92 Å². The lowest BCUT2D eigenvalue weighted by molar-refractivity contribution is 0.399. The van der Waals surface area contributed by atoms with E-state index in [4.69, 9.17) is 10.5 Å². The van der Waals surface area contributed by atoms with Gasteiger partial charge in [-0.05, 0) is 30.7 Å². The Balaban J connectivity index is 2.35. The second kappa shape index (κ2) is 4.79. The summed E-state index contributed by atoms with van der Waals surface area (Å²) in [7, 11) is 1.59. The van der Waals surface area contributed by atoms with Gasteiger partial charge in [0.15, 0.2) is 5.65 Å². The summed E-state index contributed by atoms with van der Waals surface area (Å²) in [6, 6.07) is 9.55. The average Bonchev–Trinajstić information content (AvgIpc) is 2.77. The van der Waals surface area contributed by atoms with Gasteiger partial charge < -0.3 is 10.5 Å². The highest BCUT2D eigenvalue weighted by Crippen LogP contribution is 2.28. The van der Waals surface area contributed by atoms with Crippen molar-refractivity contribution < 1.29 is 4.74 Å². The quantitative estimate of drug-likeness (QED) is 0.783. The SMILES string of the molecule is COc1ccc2nc(N)n(-c3cccc(Br)c3C)c2n1. The summed E-state index contributed by atoms with van der Waals surface area (Å²) in [5.41, 5.74) is 9.49.